The minimum atomic E-state index is 0.779. The van der Waals surface area contributed by atoms with E-state index in [4.69, 9.17) is 0 Å². The summed E-state index contributed by atoms with van der Waals surface area (Å²) in [6.07, 6.45) is 0.910. The molecule has 0 spiro atoms. The quantitative estimate of drug-likeness (QED) is 0.577. The molecule has 0 saturated carbocycles. The summed E-state index contributed by atoms with van der Waals surface area (Å²) in [5.74, 6) is 0. The number of carbonyl (C=O) groups excluding carboxylic acids is 1. The van der Waals surface area contributed by atoms with Gasteiger partial charge in [-0.25, -0.2) is 0 Å². The predicted molar refractivity (Wildman–Crippen MR) is 87.9 cm³/mol. The van der Waals surface area contributed by atoms with Crippen LogP contribution in [-0.2, 0) is 0 Å². The van der Waals surface area contributed by atoms with Crippen LogP contribution >= 0.6 is 22.7 Å². The molecule has 0 saturated heterocycles. The van der Waals surface area contributed by atoms with Crippen molar-refractivity contribution in [1.82, 2.24) is 0 Å². The van der Waals surface area contributed by atoms with Gasteiger partial charge < -0.3 is 0 Å². The number of benzene rings is 1. The van der Waals surface area contributed by atoms with Gasteiger partial charge in [-0.1, -0.05) is 18.2 Å². The molecule has 0 aliphatic heterocycles. The second-order valence-corrected chi connectivity index (χ2v) is 6.93. The Bertz CT molecular complexity index is 765. The van der Waals surface area contributed by atoms with Gasteiger partial charge in [0.05, 0.1) is 4.88 Å². The maximum Gasteiger partial charge on any atom is 0.160 e. The summed E-state index contributed by atoms with van der Waals surface area (Å²) in [5, 5.41) is 0. The summed E-state index contributed by atoms with van der Waals surface area (Å²) < 4.78 is 0. The zero-order chi connectivity index (χ0) is 14.1. The molecule has 2 aromatic heterocycles. The van der Waals surface area contributed by atoms with Crippen molar-refractivity contribution >= 4 is 29.0 Å². The van der Waals surface area contributed by atoms with Crippen molar-refractivity contribution in [3.63, 3.8) is 0 Å². The van der Waals surface area contributed by atoms with Crippen LogP contribution in [-0.4, -0.2) is 6.29 Å². The molecule has 100 valence electrons. The number of thiophene rings is 2. The van der Waals surface area contributed by atoms with E-state index in [9.17, 15) is 4.79 Å². The molecule has 3 heteroatoms. The summed E-state index contributed by atoms with van der Waals surface area (Å²) in [6.45, 7) is 4.31. The maximum absolute atomic E-state index is 10.8. The third kappa shape index (κ3) is 2.35. The van der Waals surface area contributed by atoms with E-state index in [1.807, 2.05) is 12.1 Å². The summed E-state index contributed by atoms with van der Waals surface area (Å²) in [6, 6.07) is 14.6. The molecule has 3 aromatic rings. The number of aldehydes is 1. The second-order valence-electron chi connectivity index (χ2n) is 4.73. The van der Waals surface area contributed by atoms with Crippen molar-refractivity contribution in [2.24, 2.45) is 0 Å². The number of rotatable bonds is 3. The van der Waals surface area contributed by atoms with Gasteiger partial charge in [0.1, 0.15) is 0 Å². The molecule has 1 aromatic carbocycles. The monoisotopic (exact) mass is 298 g/mol. The maximum atomic E-state index is 10.8. The van der Waals surface area contributed by atoms with E-state index in [0.29, 0.717) is 0 Å². The lowest BCUT2D eigenvalue weighted by molar-refractivity contribution is 0.112. The fourth-order valence-corrected chi connectivity index (χ4v) is 4.18. The molecule has 0 amide bonds. The molecule has 3 rings (SSSR count). The first-order valence-electron chi connectivity index (χ1n) is 6.41. The number of hydrogen-bond donors (Lipinski definition) is 0. The smallest absolute Gasteiger partial charge is 0.160 e. The van der Waals surface area contributed by atoms with E-state index in [0.717, 1.165) is 16.0 Å². The summed E-state index contributed by atoms with van der Waals surface area (Å²) in [5.41, 5.74) is 3.95. The molecular weight excluding hydrogens is 284 g/mol. The van der Waals surface area contributed by atoms with Gasteiger partial charge in [0.25, 0.3) is 0 Å². The highest BCUT2D eigenvalue weighted by Gasteiger charge is 2.09. The van der Waals surface area contributed by atoms with E-state index in [2.05, 4.69) is 44.2 Å². The lowest BCUT2D eigenvalue weighted by Gasteiger charge is -2.05. The molecule has 1 nitrogen and oxygen atoms in total. The SMILES string of the molecule is Cc1cccc(-c2ccc(-c3ccc(C=O)s3)s2)c1C. The van der Waals surface area contributed by atoms with E-state index in [1.54, 1.807) is 22.7 Å². The number of aryl methyl sites for hydroxylation is 1. The van der Waals surface area contributed by atoms with Crippen molar-refractivity contribution in [2.75, 3.05) is 0 Å². The number of hydrogen-bond acceptors (Lipinski definition) is 3. The van der Waals surface area contributed by atoms with Gasteiger partial charge in [-0.05, 0) is 54.8 Å². The normalized spacial score (nSPS) is 10.7. The summed E-state index contributed by atoms with van der Waals surface area (Å²) >= 11 is 3.32. The van der Waals surface area contributed by atoms with Gasteiger partial charge in [-0.15, -0.1) is 22.7 Å². The van der Waals surface area contributed by atoms with Crippen LogP contribution in [0, 0.1) is 13.8 Å². The average Bonchev–Trinajstić information content (AvgIpc) is 3.09. The Balaban J connectivity index is 2.01. The Kier molecular flexibility index (Phi) is 3.55. The molecular formula is C17H14OS2. The van der Waals surface area contributed by atoms with Gasteiger partial charge >= 0.3 is 0 Å². The van der Waals surface area contributed by atoms with Crippen molar-refractivity contribution in [3.05, 3.63) is 58.5 Å². The van der Waals surface area contributed by atoms with Crippen LogP contribution in [0.3, 0.4) is 0 Å². The highest BCUT2D eigenvalue weighted by Crippen LogP contribution is 2.38. The van der Waals surface area contributed by atoms with Crippen LogP contribution in [0.15, 0.2) is 42.5 Å². The van der Waals surface area contributed by atoms with Gasteiger partial charge in [0, 0.05) is 14.6 Å². The molecule has 20 heavy (non-hydrogen) atoms. The van der Waals surface area contributed by atoms with Crippen LogP contribution in [0.5, 0.6) is 0 Å². The second kappa shape index (κ2) is 5.35. The molecule has 0 aliphatic carbocycles. The molecule has 2 heterocycles. The third-order valence-electron chi connectivity index (χ3n) is 3.46. The fourth-order valence-electron chi connectivity index (χ4n) is 2.18. The van der Waals surface area contributed by atoms with Gasteiger partial charge in [0.2, 0.25) is 0 Å². The van der Waals surface area contributed by atoms with Crippen LogP contribution in [0.2, 0.25) is 0 Å². The van der Waals surface area contributed by atoms with E-state index in [-0.39, 0.29) is 0 Å². The van der Waals surface area contributed by atoms with Gasteiger partial charge in [-0.3, -0.25) is 4.79 Å². The Morgan fingerprint density at radius 2 is 1.55 bits per heavy atom. The zero-order valence-electron chi connectivity index (χ0n) is 11.3. The Hall–Kier alpha value is -1.71. The Morgan fingerprint density at radius 1 is 0.850 bits per heavy atom. The van der Waals surface area contributed by atoms with Crippen molar-refractivity contribution < 1.29 is 4.79 Å². The highest BCUT2D eigenvalue weighted by molar-refractivity contribution is 7.24. The van der Waals surface area contributed by atoms with Crippen LogP contribution in [0.4, 0.5) is 0 Å². The molecule has 0 bridgehead atoms. The first-order valence-corrected chi connectivity index (χ1v) is 8.04. The largest absolute Gasteiger partial charge is 0.297 e. The topological polar surface area (TPSA) is 17.1 Å². The molecule has 0 aliphatic rings. The summed E-state index contributed by atoms with van der Waals surface area (Å²) in [4.78, 5) is 15.2. The average molecular weight is 298 g/mol. The van der Waals surface area contributed by atoms with Crippen molar-refractivity contribution in [1.29, 1.82) is 0 Å². The first-order chi connectivity index (χ1) is 9.69. The third-order valence-corrected chi connectivity index (χ3v) is 5.79. The highest BCUT2D eigenvalue weighted by atomic mass is 32.1. The fraction of sp³-hybridized carbons (Fsp3) is 0.118. The molecule has 0 fully saturated rings. The minimum absolute atomic E-state index is 0.779. The summed E-state index contributed by atoms with van der Waals surface area (Å²) in [7, 11) is 0. The lowest BCUT2D eigenvalue weighted by Crippen LogP contribution is -1.83. The molecule has 0 atom stereocenters. The van der Waals surface area contributed by atoms with E-state index in [1.165, 1.54) is 26.4 Å². The van der Waals surface area contributed by atoms with Gasteiger partial charge in [-0.2, -0.15) is 0 Å². The Morgan fingerprint density at radius 3 is 2.30 bits per heavy atom. The van der Waals surface area contributed by atoms with Crippen LogP contribution < -0.4 is 0 Å². The van der Waals surface area contributed by atoms with Crippen molar-refractivity contribution in [3.8, 4) is 20.2 Å². The number of carbonyl (C=O) groups is 1. The molecule has 0 unspecified atom stereocenters. The van der Waals surface area contributed by atoms with Crippen molar-refractivity contribution in [2.45, 2.75) is 13.8 Å². The van der Waals surface area contributed by atoms with E-state index < -0.39 is 0 Å². The lowest BCUT2D eigenvalue weighted by atomic mass is 10.0. The first kappa shape index (κ1) is 13.3. The van der Waals surface area contributed by atoms with E-state index >= 15 is 0 Å². The van der Waals surface area contributed by atoms with Crippen LogP contribution in [0.25, 0.3) is 20.2 Å². The zero-order valence-corrected chi connectivity index (χ0v) is 13.0. The molecule has 0 N–H and O–H groups in total. The minimum Gasteiger partial charge on any atom is -0.297 e. The molecule has 0 radical (unpaired) electrons. The van der Waals surface area contributed by atoms with Gasteiger partial charge in [0.15, 0.2) is 6.29 Å². The predicted octanol–water partition coefficient (Wildman–Crippen LogP) is 5.57. The Labute approximate surface area is 126 Å². The van der Waals surface area contributed by atoms with Crippen LogP contribution in [0.1, 0.15) is 20.8 Å². The standard InChI is InChI=1S/C17H14OS2/c1-11-4-3-5-14(12(11)2)15-8-9-17(20-15)16-7-6-13(10-18)19-16/h3-10H,1-2H3.